The van der Waals surface area contributed by atoms with E-state index in [9.17, 15) is 18.9 Å². The number of hydrogen-bond donors (Lipinski definition) is 0. The first-order chi connectivity index (χ1) is 14.0. The molecule has 0 saturated carbocycles. The highest BCUT2D eigenvalue weighted by Crippen LogP contribution is 2.34. The Morgan fingerprint density at radius 3 is 2.66 bits per heavy atom. The number of benzene rings is 1. The van der Waals surface area contributed by atoms with Crippen molar-refractivity contribution in [1.29, 1.82) is 0 Å². The summed E-state index contributed by atoms with van der Waals surface area (Å²) < 4.78 is 32.4. The number of pyridine rings is 1. The molecular formula is C21H25F2N3O3. The van der Waals surface area contributed by atoms with Gasteiger partial charge < -0.3 is 9.64 Å². The molecule has 1 fully saturated rings. The first kappa shape index (κ1) is 21.1. The maximum atomic E-state index is 13.9. The van der Waals surface area contributed by atoms with E-state index in [1.807, 2.05) is 0 Å². The third kappa shape index (κ3) is 5.47. The number of ether oxygens (including phenoxy) is 1. The molecular weight excluding hydrogens is 380 g/mol. The van der Waals surface area contributed by atoms with Gasteiger partial charge in [0.15, 0.2) is 11.6 Å². The number of nitro groups is 1. The van der Waals surface area contributed by atoms with E-state index in [1.54, 1.807) is 0 Å². The maximum Gasteiger partial charge on any atom is 0.332 e. The van der Waals surface area contributed by atoms with Crippen LogP contribution in [0.3, 0.4) is 0 Å². The molecule has 0 radical (unpaired) electrons. The summed E-state index contributed by atoms with van der Waals surface area (Å²) in [6.07, 6.45) is 6.56. The molecule has 1 aromatic heterocycles. The highest BCUT2D eigenvalue weighted by Gasteiger charge is 2.25. The summed E-state index contributed by atoms with van der Waals surface area (Å²) in [6, 6.07) is 4.13. The molecule has 1 aliphatic heterocycles. The van der Waals surface area contributed by atoms with Crippen molar-refractivity contribution in [1.82, 2.24) is 9.88 Å². The number of hydrogen-bond acceptors (Lipinski definition) is 5. The molecule has 2 heterocycles. The lowest BCUT2D eigenvalue weighted by molar-refractivity contribution is -0.386. The van der Waals surface area contributed by atoms with E-state index in [4.69, 9.17) is 4.74 Å². The predicted molar refractivity (Wildman–Crippen MR) is 105 cm³/mol. The van der Waals surface area contributed by atoms with Gasteiger partial charge in [-0.25, -0.2) is 8.78 Å². The average Bonchev–Trinajstić information content (AvgIpc) is 2.69. The van der Waals surface area contributed by atoms with E-state index >= 15 is 0 Å². The number of piperidine rings is 1. The molecule has 0 spiro atoms. The van der Waals surface area contributed by atoms with E-state index in [-0.39, 0.29) is 17.2 Å². The first-order valence-corrected chi connectivity index (χ1v) is 9.95. The Morgan fingerprint density at radius 1 is 1.24 bits per heavy atom. The largest absolute Gasteiger partial charge is 0.447 e. The van der Waals surface area contributed by atoms with Gasteiger partial charge in [-0.05, 0) is 44.0 Å². The molecule has 29 heavy (non-hydrogen) atoms. The molecule has 0 aliphatic carbocycles. The van der Waals surface area contributed by atoms with Crippen LogP contribution in [0.4, 0.5) is 14.5 Å². The van der Waals surface area contributed by atoms with Crippen LogP contribution in [0.5, 0.6) is 11.5 Å². The second kappa shape index (κ2) is 9.73. The van der Waals surface area contributed by atoms with Gasteiger partial charge >= 0.3 is 5.69 Å². The molecule has 1 aromatic carbocycles. The molecule has 156 valence electrons. The van der Waals surface area contributed by atoms with E-state index in [0.29, 0.717) is 24.7 Å². The van der Waals surface area contributed by atoms with Crippen LogP contribution in [-0.4, -0.2) is 34.4 Å². The van der Waals surface area contributed by atoms with Gasteiger partial charge in [0.05, 0.1) is 4.92 Å². The molecule has 0 atom stereocenters. The molecule has 2 aromatic rings. The van der Waals surface area contributed by atoms with Crippen molar-refractivity contribution in [3.05, 3.63) is 57.9 Å². The highest BCUT2D eigenvalue weighted by molar-refractivity contribution is 5.51. The van der Waals surface area contributed by atoms with Crippen molar-refractivity contribution >= 4 is 5.69 Å². The maximum absolute atomic E-state index is 13.9. The van der Waals surface area contributed by atoms with Crippen LogP contribution in [0.25, 0.3) is 0 Å². The zero-order valence-electron chi connectivity index (χ0n) is 16.4. The number of likely N-dealkylation sites (tertiary alicyclic amines) is 1. The third-order valence-corrected chi connectivity index (χ3v) is 5.33. The van der Waals surface area contributed by atoms with Gasteiger partial charge in [-0.15, -0.1) is 0 Å². The van der Waals surface area contributed by atoms with Crippen LogP contribution >= 0.6 is 0 Å². The number of halogens is 2. The third-order valence-electron chi connectivity index (χ3n) is 5.33. The second-order valence-electron chi connectivity index (χ2n) is 7.36. The van der Waals surface area contributed by atoms with Crippen molar-refractivity contribution < 1.29 is 18.4 Å². The molecule has 0 bridgehead atoms. The Labute approximate surface area is 168 Å². The molecule has 0 N–H and O–H groups in total. The minimum atomic E-state index is -0.924. The number of aromatic nitrogens is 1. The summed E-state index contributed by atoms with van der Waals surface area (Å²) >= 11 is 0. The van der Waals surface area contributed by atoms with Crippen LogP contribution in [0.2, 0.25) is 0 Å². The van der Waals surface area contributed by atoms with E-state index in [2.05, 4.69) is 16.8 Å². The molecule has 1 aliphatic rings. The van der Waals surface area contributed by atoms with Gasteiger partial charge in [-0.2, -0.15) is 0 Å². The summed E-state index contributed by atoms with van der Waals surface area (Å²) in [6.45, 7) is 4.83. The first-order valence-electron chi connectivity index (χ1n) is 9.95. The lowest BCUT2D eigenvalue weighted by Gasteiger charge is -2.31. The van der Waals surface area contributed by atoms with E-state index in [1.165, 1.54) is 25.1 Å². The quantitative estimate of drug-likeness (QED) is 0.451. The van der Waals surface area contributed by atoms with Crippen LogP contribution in [0, 0.1) is 27.7 Å². The van der Waals surface area contributed by atoms with Crippen molar-refractivity contribution in [2.45, 2.75) is 39.0 Å². The van der Waals surface area contributed by atoms with Gasteiger partial charge in [0.2, 0.25) is 5.75 Å². The lowest BCUT2D eigenvalue weighted by atomic mass is 9.92. The normalized spacial score (nSPS) is 15.4. The Kier molecular flexibility index (Phi) is 7.09. The topological polar surface area (TPSA) is 68.5 Å². The van der Waals surface area contributed by atoms with Crippen LogP contribution < -0.4 is 4.74 Å². The molecule has 6 nitrogen and oxygen atoms in total. The standard InChI is InChI=1S/C21H25F2N3O3/c1-2-3-15-7-11-25(12-8-15)13-9-18-21(26(27)28)20(6-10-24-18)29-19-5-4-16(22)14-17(19)23/h4-6,10,14-15H,2-3,7-9,11-13H2,1H3. The van der Waals surface area contributed by atoms with Gasteiger partial charge in [0, 0.05) is 31.3 Å². The van der Waals surface area contributed by atoms with Crippen molar-refractivity contribution in [3.8, 4) is 11.5 Å². The average molecular weight is 405 g/mol. The van der Waals surface area contributed by atoms with E-state index < -0.39 is 16.6 Å². The SMILES string of the molecule is CCCC1CCN(CCc2nccc(Oc3ccc(F)cc3F)c2[N+](=O)[O-])CC1. The van der Waals surface area contributed by atoms with E-state index in [0.717, 1.165) is 44.0 Å². The van der Waals surface area contributed by atoms with Crippen LogP contribution in [0.1, 0.15) is 38.3 Å². The molecule has 1 saturated heterocycles. The van der Waals surface area contributed by atoms with Crippen molar-refractivity contribution in [3.63, 3.8) is 0 Å². The van der Waals surface area contributed by atoms with Crippen LogP contribution in [0.15, 0.2) is 30.5 Å². The van der Waals surface area contributed by atoms with Crippen LogP contribution in [-0.2, 0) is 6.42 Å². The summed E-state index contributed by atoms with van der Waals surface area (Å²) in [4.78, 5) is 17.6. The lowest BCUT2D eigenvalue weighted by Crippen LogP contribution is -2.35. The fourth-order valence-electron chi connectivity index (χ4n) is 3.79. The molecule has 0 unspecified atom stereocenters. The fourth-order valence-corrected chi connectivity index (χ4v) is 3.79. The highest BCUT2D eigenvalue weighted by atomic mass is 19.1. The number of rotatable bonds is 8. The molecule has 8 heteroatoms. The van der Waals surface area contributed by atoms with Crippen molar-refractivity contribution in [2.24, 2.45) is 5.92 Å². The zero-order chi connectivity index (χ0) is 20.8. The predicted octanol–water partition coefficient (Wildman–Crippen LogP) is 5.11. The Balaban J connectivity index is 1.71. The van der Waals surface area contributed by atoms with Gasteiger partial charge in [0.25, 0.3) is 0 Å². The summed E-state index contributed by atoms with van der Waals surface area (Å²) in [5.41, 5.74) is 0.0165. The zero-order valence-corrected chi connectivity index (χ0v) is 16.4. The summed E-state index contributed by atoms with van der Waals surface area (Å²) in [7, 11) is 0. The minimum Gasteiger partial charge on any atom is -0.447 e. The summed E-state index contributed by atoms with van der Waals surface area (Å²) in [5.74, 6) is -1.28. The van der Waals surface area contributed by atoms with Gasteiger partial charge in [0.1, 0.15) is 11.5 Å². The Bertz CT molecular complexity index is 855. The Morgan fingerprint density at radius 2 is 2.00 bits per heavy atom. The Hall–Kier alpha value is -2.61. The smallest absolute Gasteiger partial charge is 0.332 e. The monoisotopic (exact) mass is 405 g/mol. The fraction of sp³-hybridized carbons (Fsp3) is 0.476. The van der Waals surface area contributed by atoms with Crippen molar-refractivity contribution in [2.75, 3.05) is 19.6 Å². The summed E-state index contributed by atoms with van der Waals surface area (Å²) in [5, 5.41) is 11.7. The minimum absolute atomic E-state index is 0.104. The number of nitrogens with zero attached hydrogens (tertiary/aromatic N) is 3. The van der Waals surface area contributed by atoms with Gasteiger partial charge in [-0.3, -0.25) is 15.1 Å². The molecule has 0 amide bonds. The second-order valence-corrected chi connectivity index (χ2v) is 7.36. The van der Waals surface area contributed by atoms with Gasteiger partial charge in [-0.1, -0.05) is 19.8 Å². The molecule has 3 rings (SSSR count).